The van der Waals surface area contributed by atoms with E-state index in [4.69, 9.17) is 9.47 Å². The molecule has 4 aromatic rings. The third kappa shape index (κ3) is 4.21. The lowest BCUT2D eigenvalue weighted by atomic mass is 10.2. The van der Waals surface area contributed by atoms with Crippen LogP contribution < -0.4 is 10.1 Å². The van der Waals surface area contributed by atoms with Crippen molar-refractivity contribution in [3.8, 4) is 17.1 Å². The van der Waals surface area contributed by atoms with E-state index in [1.807, 2.05) is 54.6 Å². The third-order valence-electron chi connectivity index (χ3n) is 4.89. The van der Waals surface area contributed by atoms with Crippen LogP contribution in [0.2, 0.25) is 0 Å². The molecule has 30 heavy (non-hydrogen) atoms. The number of aryl methyl sites for hydroxylation is 1. The van der Waals surface area contributed by atoms with Gasteiger partial charge in [0.25, 0.3) is 5.91 Å². The number of carbonyl (C=O) groups is 1. The number of nitrogens with one attached hydrogen (secondary N) is 2. The van der Waals surface area contributed by atoms with Gasteiger partial charge in [-0.25, -0.2) is 0 Å². The Morgan fingerprint density at radius 2 is 1.97 bits per heavy atom. The van der Waals surface area contributed by atoms with Gasteiger partial charge in [-0.1, -0.05) is 30.3 Å². The zero-order valence-electron chi connectivity index (χ0n) is 17.0. The van der Waals surface area contributed by atoms with Gasteiger partial charge in [0.15, 0.2) is 5.82 Å². The van der Waals surface area contributed by atoms with Crippen LogP contribution >= 0.6 is 0 Å². The first-order chi connectivity index (χ1) is 14.7. The number of ether oxygens (including phenoxy) is 2. The van der Waals surface area contributed by atoms with Crippen molar-refractivity contribution in [2.75, 3.05) is 19.0 Å². The molecule has 0 atom stereocenters. The van der Waals surface area contributed by atoms with Gasteiger partial charge in [-0.05, 0) is 36.8 Å². The van der Waals surface area contributed by atoms with Crippen LogP contribution in [0.15, 0.2) is 60.7 Å². The van der Waals surface area contributed by atoms with E-state index in [0.29, 0.717) is 12.4 Å². The van der Waals surface area contributed by atoms with E-state index in [1.54, 1.807) is 7.11 Å². The Balaban J connectivity index is 1.44. The van der Waals surface area contributed by atoms with Gasteiger partial charge < -0.3 is 19.4 Å². The van der Waals surface area contributed by atoms with Gasteiger partial charge in [-0.15, -0.1) is 0 Å². The highest BCUT2D eigenvalue weighted by atomic mass is 16.5. The summed E-state index contributed by atoms with van der Waals surface area (Å²) in [5, 5.41) is 11.1. The number of H-pyrrole nitrogens is 1. The maximum atomic E-state index is 12.2. The quantitative estimate of drug-likeness (QED) is 0.461. The third-order valence-corrected chi connectivity index (χ3v) is 4.89. The van der Waals surface area contributed by atoms with E-state index >= 15 is 0 Å². The van der Waals surface area contributed by atoms with Crippen LogP contribution in [0, 0.1) is 0 Å². The maximum Gasteiger partial charge on any atom is 0.251 e. The van der Waals surface area contributed by atoms with Crippen molar-refractivity contribution in [1.82, 2.24) is 14.8 Å². The van der Waals surface area contributed by atoms with Crippen molar-refractivity contribution in [1.29, 1.82) is 0 Å². The molecule has 0 aliphatic heterocycles. The zero-order valence-corrected chi connectivity index (χ0v) is 17.0. The van der Waals surface area contributed by atoms with Crippen molar-refractivity contribution in [3.63, 3.8) is 0 Å². The van der Waals surface area contributed by atoms with Gasteiger partial charge in [-0.2, -0.15) is 5.10 Å². The SMILES string of the molecule is CCn1c(-c2cc(NC(=O)COCc3ccccc3)n[nH]2)cc2cc(OC)ccc21. The van der Waals surface area contributed by atoms with Gasteiger partial charge in [-0.3, -0.25) is 9.89 Å². The number of nitrogens with zero attached hydrogens (tertiary/aromatic N) is 2. The summed E-state index contributed by atoms with van der Waals surface area (Å²) < 4.78 is 13.0. The number of rotatable bonds is 8. The van der Waals surface area contributed by atoms with Crippen molar-refractivity contribution in [3.05, 3.63) is 66.2 Å². The number of hydrogen-bond acceptors (Lipinski definition) is 4. The van der Waals surface area contributed by atoms with Crippen LogP contribution in [0.25, 0.3) is 22.3 Å². The second kappa shape index (κ2) is 8.84. The summed E-state index contributed by atoms with van der Waals surface area (Å²) in [7, 11) is 1.66. The van der Waals surface area contributed by atoms with Gasteiger partial charge >= 0.3 is 0 Å². The molecule has 154 valence electrons. The van der Waals surface area contributed by atoms with Crippen LogP contribution in [-0.4, -0.2) is 34.4 Å². The number of aromatic amines is 1. The fraction of sp³-hybridized carbons (Fsp3) is 0.217. The molecular formula is C23H24N4O3. The monoisotopic (exact) mass is 404 g/mol. The molecule has 4 rings (SSSR count). The molecule has 0 saturated carbocycles. The molecule has 2 aromatic carbocycles. The summed E-state index contributed by atoms with van der Waals surface area (Å²) in [6.07, 6.45) is 0. The van der Waals surface area contributed by atoms with Gasteiger partial charge in [0, 0.05) is 23.5 Å². The largest absolute Gasteiger partial charge is 0.497 e. The van der Waals surface area contributed by atoms with Crippen LogP contribution in [0.4, 0.5) is 5.82 Å². The highest BCUT2D eigenvalue weighted by Gasteiger charge is 2.14. The van der Waals surface area contributed by atoms with Crippen LogP contribution in [-0.2, 0) is 22.7 Å². The number of anilines is 1. The fourth-order valence-corrected chi connectivity index (χ4v) is 3.47. The Bertz CT molecular complexity index is 1150. The topological polar surface area (TPSA) is 81.2 Å². The Morgan fingerprint density at radius 3 is 2.73 bits per heavy atom. The second-order valence-electron chi connectivity index (χ2n) is 6.89. The Hall–Kier alpha value is -3.58. The number of fused-ring (bicyclic) bond motifs is 1. The predicted molar refractivity (Wildman–Crippen MR) is 116 cm³/mol. The van der Waals surface area contributed by atoms with Gasteiger partial charge in [0.1, 0.15) is 12.4 Å². The molecule has 0 radical (unpaired) electrons. The summed E-state index contributed by atoms with van der Waals surface area (Å²) in [6.45, 7) is 3.25. The first-order valence-electron chi connectivity index (χ1n) is 9.82. The number of aromatic nitrogens is 3. The molecule has 0 saturated heterocycles. The Kier molecular flexibility index (Phi) is 5.81. The Morgan fingerprint density at radius 1 is 1.13 bits per heavy atom. The number of hydrogen-bond donors (Lipinski definition) is 2. The number of methoxy groups -OCH3 is 1. The minimum absolute atomic E-state index is 0.0356. The molecule has 2 heterocycles. The molecule has 2 N–H and O–H groups in total. The highest BCUT2D eigenvalue weighted by Crippen LogP contribution is 2.30. The smallest absolute Gasteiger partial charge is 0.251 e. The molecule has 0 aliphatic carbocycles. The number of carbonyl (C=O) groups excluding carboxylic acids is 1. The lowest BCUT2D eigenvalue weighted by Crippen LogP contribution is -2.18. The molecule has 1 amide bonds. The Labute approximate surface area is 174 Å². The lowest BCUT2D eigenvalue weighted by Gasteiger charge is -2.06. The average molecular weight is 404 g/mol. The van der Waals surface area contributed by atoms with Crippen LogP contribution in [0.5, 0.6) is 5.75 Å². The summed E-state index contributed by atoms with van der Waals surface area (Å²) in [5.74, 6) is 1.03. The normalized spacial score (nSPS) is 11.0. The zero-order chi connectivity index (χ0) is 20.9. The number of benzene rings is 2. The fourth-order valence-electron chi connectivity index (χ4n) is 3.47. The van der Waals surface area contributed by atoms with Crippen molar-refractivity contribution < 1.29 is 14.3 Å². The van der Waals surface area contributed by atoms with Crippen molar-refractivity contribution in [2.45, 2.75) is 20.1 Å². The minimum atomic E-state index is -0.246. The molecule has 0 bridgehead atoms. The number of amides is 1. The summed E-state index contributed by atoms with van der Waals surface area (Å²) in [6, 6.07) is 19.7. The first-order valence-corrected chi connectivity index (χ1v) is 9.82. The standard InChI is InChI=1S/C23H24N4O3/c1-3-27-20-10-9-18(29-2)11-17(20)12-21(27)19-13-22(26-25-19)24-23(28)15-30-14-16-7-5-4-6-8-16/h4-13H,3,14-15H2,1-2H3,(H2,24,25,26,28). The van der Waals surface area contributed by atoms with Crippen molar-refractivity contribution in [2.24, 2.45) is 0 Å². The molecule has 0 aliphatic rings. The summed E-state index contributed by atoms with van der Waals surface area (Å²) in [5.41, 5.74) is 3.96. The molecule has 0 fully saturated rings. The highest BCUT2D eigenvalue weighted by molar-refractivity contribution is 5.92. The van der Waals surface area contributed by atoms with E-state index < -0.39 is 0 Å². The first kappa shape index (κ1) is 19.7. The molecule has 0 spiro atoms. The molecule has 7 heteroatoms. The molecular weight excluding hydrogens is 380 g/mol. The van der Waals surface area contributed by atoms with Gasteiger partial charge in [0.2, 0.25) is 0 Å². The van der Waals surface area contributed by atoms with Crippen molar-refractivity contribution >= 4 is 22.6 Å². The average Bonchev–Trinajstić information content (AvgIpc) is 3.37. The molecule has 2 aromatic heterocycles. The summed E-state index contributed by atoms with van der Waals surface area (Å²) in [4.78, 5) is 12.2. The van der Waals surface area contributed by atoms with E-state index in [9.17, 15) is 4.79 Å². The minimum Gasteiger partial charge on any atom is -0.497 e. The van der Waals surface area contributed by atoms with Crippen LogP contribution in [0.3, 0.4) is 0 Å². The van der Waals surface area contributed by atoms with E-state index in [2.05, 4.69) is 33.1 Å². The van der Waals surface area contributed by atoms with E-state index in [0.717, 1.165) is 40.1 Å². The second-order valence-corrected chi connectivity index (χ2v) is 6.89. The predicted octanol–water partition coefficient (Wildman–Crippen LogP) is 4.22. The van der Waals surface area contributed by atoms with E-state index in [-0.39, 0.29) is 12.5 Å². The van der Waals surface area contributed by atoms with Gasteiger partial charge in [0.05, 0.1) is 25.1 Å². The van der Waals surface area contributed by atoms with Crippen LogP contribution in [0.1, 0.15) is 12.5 Å². The lowest BCUT2D eigenvalue weighted by molar-refractivity contribution is -0.121. The maximum absolute atomic E-state index is 12.2. The molecule has 7 nitrogen and oxygen atoms in total. The van der Waals surface area contributed by atoms with E-state index in [1.165, 1.54) is 0 Å². The summed E-state index contributed by atoms with van der Waals surface area (Å²) >= 11 is 0. The molecule has 0 unspecified atom stereocenters.